The molecule has 158 valence electrons. The molecule has 0 aromatic carbocycles. The second kappa shape index (κ2) is 10.0. The Morgan fingerprint density at radius 1 is 1.41 bits per heavy atom. The van der Waals surface area contributed by atoms with Crippen molar-refractivity contribution >= 4 is 23.1 Å². The van der Waals surface area contributed by atoms with Crippen LogP contribution in [0, 0.1) is 0 Å². The van der Waals surface area contributed by atoms with E-state index in [1.54, 1.807) is 18.3 Å². The average molecular weight is 418 g/mol. The first-order chi connectivity index (χ1) is 14.0. The Balaban J connectivity index is 1.58. The molecular formula is C21H31N5O2S. The van der Waals surface area contributed by atoms with E-state index in [9.17, 15) is 5.11 Å². The number of morpholine rings is 1. The predicted octanol–water partition coefficient (Wildman–Crippen LogP) is 2.33. The minimum Gasteiger partial charge on any atom is -0.384 e. The number of guanidine groups is 1. The number of hydrogen-bond donors (Lipinski definition) is 3. The summed E-state index contributed by atoms with van der Waals surface area (Å²) in [6.45, 7) is 10.0. The fourth-order valence-electron chi connectivity index (χ4n) is 3.16. The highest BCUT2D eigenvalue weighted by atomic mass is 32.1. The summed E-state index contributed by atoms with van der Waals surface area (Å²) >= 11 is 1.58. The fourth-order valence-corrected chi connectivity index (χ4v) is 3.95. The van der Waals surface area contributed by atoms with Crippen LogP contribution in [0.5, 0.6) is 0 Å². The number of nitrogens with zero attached hydrogens (tertiary/aromatic N) is 3. The van der Waals surface area contributed by atoms with Gasteiger partial charge in [0.2, 0.25) is 0 Å². The van der Waals surface area contributed by atoms with Crippen molar-refractivity contribution in [3.05, 3.63) is 46.3 Å². The number of rotatable bonds is 7. The van der Waals surface area contributed by atoms with Crippen LogP contribution >= 0.6 is 11.3 Å². The van der Waals surface area contributed by atoms with Crippen molar-refractivity contribution in [3.8, 4) is 0 Å². The Labute approximate surface area is 176 Å². The molecule has 1 aliphatic heterocycles. The zero-order chi connectivity index (χ0) is 20.7. The zero-order valence-corrected chi connectivity index (χ0v) is 18.2. The molecule has 2 unspecified atom stereocenters. The molecule has 1 saturated heterocycles. The quantitative estimate of drug-likeness (QED) is 0.474. The first kappa shape index (κ1) is 21.5. The number of anilines is 1. The number of aliphatic hydroxyl groups is 1. The Morgan fingerprint density at radius 3 is 2.93 bits per heavy atom. The normalized spacial score (nSPS) is 19.7. The summed E-state index contributed by atoms with van der Waals surface area (Å²) in [6, 6.07) is 6.06. The summed E-state index contributed by atoms with van der Waals surface area (Å²) in [4.78, 5) is 11.5. The van der Waals surface area contributed by atoms with Crippen LogP contribution in [0.2, 0.25) is 0 Å². The molecule has 0 aliphatic carbocycles. The molecule has 7 nitrogen and oxygen atoms in total. The summed E-state index contributed by atoms with van der Waals surface area (Å²) in [5.41, 5.74) is 0.995. The van der Waals surface area contributed by atoms with Gasteiger partial charge in [-0.05, 0) is 54.8 Å². The second-order valence-electron chi connectivity index (χ2n) is 7.49. The van der Waals surface area contributed by atoms with Crippen LogP contribution in [0.15, 0.2) is 40.1 Å². The maximum atomic E-state index is 10.7. The van der Waals surface area contributed by atoms with E-state index >= 15 is 0 Å². The minimum atomic E-state index is -0.950. The molecule has 0 radical (unpaired) electrons. The van der Waals surface area contributed by atoms with E-state index in [4.69, 9.17) is 4.74 Å². The van der Waals surface area contributed by atoms with Crippen molar-refractivity contribution in [2.24, 2.45) is 4.99 Å². The Bertz CT molecular complexity index is 777. The van der Waals surface area contributed by atoms with Crippen molar-refractivity contribution < 1.29 is 9.84 Å². The van der Waals surface area contributed by atoms with Crippen LogP contribution in [0.25, 0.3) is 0 Å². The van der Waals surface area contributed by atoms with Crippen LogP contribution in [-0.4, -0.2) is 54.9 Å². The molecule has 3 N–H and O–H groups in total. The SMILES string of the molecule is CCNC(=NCc1ccc(N2CCOC(C)C2)nc1)NCC(C)(O)c1ccsc1. The molecule has 2 atom stereocenters. The van der Waals surface area contributed by atoms with Crippen molar-refractivity contribution in [1.29, 1.82) is 0 Å². The molecule has 0 saturated carbocycles. The van der Waals surface area contributed by atoms with E-state index in [2.05, 4.69) is 38.5 Å². The van der Waals surface area contributed by atoms with Gasteiger partial charge in [0.25, 0.3) is 0 Å². The molecule has 3 rings (SSSR count). The number of thiophene rings is 1. The zero-order valence-electron chi connectivity index (χ0n) is 17.4. The molecule has 1 fully saturated rings. The lowest BCUT2D eigenvalue weighted by Crippen LogP contribution is -2.44. The highest BCUT2D eigenvalue weighted by molar-refractivity contribution is 7.08. The van der Waals surface area contributed by atoms with Crippen molar-refractivity contribution in [2.75, 3.05) is 37.7 Å². The molecule has 3 heterocycles. The third-order valence-corrected chi connectivity index (χ3v) is 5.56. The lowest BCUT2D eigenvalue weighted by atomic mass is 9.99. The Morgan fingerprint density at radius 2 is 2.28 bits per heavy atom. The standard InChI is InChI=1S/C21H31N5O2S/c1-4-22-20(25-15-21(3,27)18-7-10-29-14-18)24-12-17-5-6-19(23-11-17)26-8-9-28-16(2)13-26/h5-7,10-11,14,16,27H,4,8-9,12-13,15H2,1-3H3,(H2,22,24,25). The molecule has 2 aromatic heterocycles. The van der Waals surface area contributed by atoms with E-state index in [-0.39, 0.29) is 6.10 Å². The molecule has 2 aromatic rings. The van der Waals surface area contributed by atoms with E-state index in [1.165, 1.54) is 0 Å². The number of aromatic nitrogens is 1. The number of pyridine rings is 1. The molecule has 0 bridgehead atoms. The molecule has 0 amide bonds. The van der Waals surface area contributed by atoms with Gasteiger partial charge in [0.1, 0.15) is 11.4 Å². The highest BCUT2D eigenvalue weighted by Crippen LogP contribution is 2.22. The van der Waals surface area contributed by atoms with Gasteiger partial charge in [0, 0.05) is 25.8 Å². The summed E-state index contributed by atoms with van der Waals surface area (Å²) in [6.07, 6.45) is 2.11. The van der Waals surface area contributed by atoms with E-state index in [0.717, 1.165) is 43.2 Å². The van der Waals surface area contributed by atoms with Gasteiger partial charge in [-0.3, -0.25) is 0 Å². The van der Waals surface area contributed by atoms with Gasteiger partial charge >= 0.3 is 0 Å². The van der Waals surface area contributed by atoms with Crippen molar-refractivity contribution in [2.45, 2.75) is 39.0 Å². The summed E-state index contributed by atoms with van der Waals surface area (Å²) in [5, 5.41) is 21.1. The number of nitrogens with one attached hydrogen (secondary N) is 2. The highest BCUT2D eigenvalue weighted by Gasteiger charge is 2.23. The van der Waals surface area contributed by atoms with Gasteiger partial charge in [-0.1, -0.05) is 6.07 Å². The van der Waals surface area contributed by atoms with Gasteiger partial charge in [-0.15, -0.1) is 0 Å². The molecular weight excluding hydrogens is 386 g/mol. The smallest absolute Gasteiger partial charge is 0.191 e. The number of hydrogen-bond acceptors (Lipinski definition) is 6. The van der Waals surface area contributed by atoms with Gasteiger partial charge in [0.05, 0.1) is 25.8 Å². The topological polar surface area (TPSA) is 82.0 Å². The number of aliphatic imine (C=N–C) groups is 1. The van der Waals surface area contributed by atoms with E-state index in [0.29, 0.717) is 19.0 Å². The third-order valence-electron chi connectivity index (χ3n) is 4.88. The van der Waals surface area contributed by atoms with Crippen LogP contribution in [0.1, 0.15) is 31.9 Å². The van der Waals surface area contributed by atoms with Gasteiger partial charge in [-0.2, -0.15) is 11.3 Å². The largest absolute Gasteiger partial charge is 0.384 e. The van der Waals surface area contributed by atoms with Gasteiger partial charge < -0.3 is 25.4 Å². The molecule has 8 heteroatoms. The predicted molar refractivity (Wildman–Crippen MR) is 119 cm³/mol. The molecule has 0 spiro atoms. The minimum absolute atomic E-state index is 0.231. The van der Waals surface area contributed by atoms with E-state index < -0.39 is 5.60 Å². The van der Waals surface area contributed by atoms with Crippen LogP contribution < -0.4 is 15.5 Å². The van der Waals surface area contributed by atoms with Crippen LogP contribution in [0.3, 0.4) is 0 Å². The summed E-state index contributed by atoms with van der Waals surface area (Å²) < 4.78 is 5.59. The second-order valence-corrected chi connectivity index (χ2v) is 8.27. The van der Waals surface area contributed by atoms with Crippen LogP contribution in [0.4, 0.5) is 5.82 Å². The maximum absolute atomic E-state index is 10.7. The van der Waals surface area contributed by atoms with Gasteiger partial charge in [-0.25, -0.2) is 9.98 Å². The maximum Gasteiger partial charge on any atom is 0.191 e. The Kier molecular flexibility index (Phi) is 7.46. The van der Waals surface area contributed by atoms with Crippen molar-refractivity contribution in [1.82, 2.24) is 15.6 Å². The lowest BCUT2D eigenvalue weighted by molar-refractivity contribution is 0.0529. The number of ether oxygens (including phenoxy) is 1. The van der Waals surface area contributed by atoms with Crippen LogP contribution in [-0.2, 0) is 16.9 Å². The van der Waals surface area contributed by atoms with Crippen molar-refractivity contribution in [3.63, 3.8) is 0 Å². The molecule has 29 heavy (non-hydrogen) atoms. The average Bonchev–Trinajstić information content (AvgIpc) is 3.26. The first-order valence-electron chi connectivity index (χ1n) is 10.1. The monoisotopic (exact) mass is 417 g/mol. The van der Waals surface area contributed by atoms with E-state index in [1.807, 2.05) is 36.0 Å². The van der Waals surface area contributed by atoms with Gasteiger partial charge in [0.15, 0.2) is 5.96 Å². The summed E-state index contributed by atoms with van der Waals surface area (Å²) in [7, 11) is 0. The molecule has 1 aliphatic rings. The summed E-state index contributed by atoms with van der Waals surface area (Å²) in [5.74, 6) is 1.65. The Hall–Kier alpha value is -2.16. The fraction of sp³-hybridized carbons (Fsp3) is 0.524. The first-order valence-corrected chi connectivity index (χ1v) is 11.0. The lowest BCUT2D eigenvalue weighted by Gasteiger charge is -2.32. The third kappa shape index (κ3) is 6.16.